The van der Waals surface area contributed by atoms with Gasteiger partial charge in [-0.05, 0) is 71.0 Å². The van der Waals surface area contributed by atoms with Crippen molar-refractivity contribution < 1.29 is 13.9 Å². The van der Waals surface area contributed by atoms with Crippen LogP contribution in [0.2, 0.25) is 0 Å². The Morgan fingerprint density at radius 1 is 1.09 bits per heavy atom. The van der Waals surface area contributed by atoms with Crippen molar-refractivity contribution in [3.05, 3.63) is 53.9 Å². The van der Waals surface area contributed by atoms with Gasteiger partial charge in [0.25, 0.3) is 5.91 Å². The van der Waals surface area contributed by atoms with Crippen LogP contribution in [-0.4, -0.2) is 97.5 Å². The van der Waals surface area contributed by atoms with Crippen molar-refractivity contribution in [3.63, 3.8) is 0 Å². The van der Waals surface area contributed by atoms with Crippen molar-refractivity contribution in [2.45, 2.75) is 57.8 Å². The van der Waals surface area contributed by atoms with Gasteiger partial charge in [-0.15, -0.1) is 0 Å². The molecule has 2 atom stereocenters. The van der Waals surface area contributed by atoms with Gasteiger partial charge in [-0.3, -0.25) is 4.79 Å². The van der Waals surface area contributed by atoms with Gasteiger partial charge in [-0.25, -0.2) is 14.4 Å². The summed E-state index contributed by atoms with van der Waals surface area (Å²) < 4.78 is 19.8. The first-order chi connectivity index (χ1) is 22.4. The molecule has 0 aliphatic carbocycles. The minimum atomic E-state index is -1.13. The number of carbonyl (C=O) groups excluding carboxylic acids is 1. The van der Waals surface area contributed by atoms with E-state index in [1.54, 1.807) is 23.2 Å². The number of ether oxygens (including phenoxy) is 1. The van der Waals surface area contributed by atoms with E-state index in [1.165, 1.54) is 13.3 Å². The molecule has 2 aliphatic rings. The number of hydrogen-bond acceptors (Lipinski definition) is 11. The number of piperazine rings is 1. The van der Waals surface area contributed by atoms with Crippen LogP contribution in [0.4, 0.5) is 39.0 Å². The molecule has 13 heteroatoms. The van der Waals surface area contributed by atoms with Gasteiger partial charge in [-0.1, -0.05) is 0 Å². The van der Waals surface area contributed by atoms with Crippen LogP contribution in [0.3, 0.4) is 0 Å². The fraction of sp³-hybridized carbons (Fsp3) is 0.500. The molecule has 4 heterocycles. The number of likely N-dealkylation sites (N-methyl/N-ethyl adjacent to an activating group) is 1. The largest absolute Gasteiger partial charge is 0.382 e. The predicted molar refractivity (Wildman–Crippen MR) is 184 cm³/mol. The number of hydrogen-bond donors (Lipinski definition) is 3. The van der Waals surface area contributed by atoms with Gasteiger partial charge in [0.2, 0.25) is 5.95 Å². The molecule has 0 bridgehead atoms. The monoisotopic (exact) mass is 644 g/mol. The van der Waals surface area contributed by atoms with Crippen LogP contribution in [0.25, 0.3) is 0 Å². The third-order valence-electron chi connectivity index (χ3n) is 8.60. The molecular weight excluding hydrogens is 599 g/mol. The number of nitrogens with zero attached hydrogens (tertiary/aromatic N) is 7. The summed E-state index contributed by atoms with van der Waals surface area (Å²) >= 11 is 0. The number of amides is 1. The molecule has 2 fully saturated rings. The molecule has 0 spiro atoms. The molecule has 2 aromatic heterocycles. The lowest BCUT2D eigenvalue weighted by molar-refractivity contribution is 0.0194. The van der Waals surface area contributed by atoms with Crippen molar-refractivity contribution >= 4 is 40.6 Å². The van der Waals surface area contributed by atoms with Gasteiger partial charge in [-0.2, -0.15) is 10.2 Å². The van der Waals surface area contributed by atoms with E-state index in [2.05, 4.69) is 53.8 Å². The maximum Gasteiger partial charge on any atom is 0.259 e. The number of carbonyl (C=O) groups is 1. The SMILES string of the molecule is CO[C@H]1CCN(c2nccc(Nc3cc(NC(C)C)c(C(=O)Nc4cc(N5CCN(C)CC5)cc(C(C)(C)C#N)c4)cn3)n2)C[C@H]1F. The lowest BCUT2D eigenvalue weighted by atomic mass is 9.85. The van der Waals surface area contributed by atoms with Crippen LogP contribution >= 0.6 is 0 Å². The van der Waals surface area contributed by atoms with Gasteiger partial charge >= 0.3 is 0 Å². The first-order valence-corrected chi connectivity index (χ1v) is 16.1. The normalized spacial score (nSPS) is 19.0. The molecule has 47 heavy (non-hydrogen) atoms. The topological polar surface area (TPSA) is 135 Å². The Morgan fingerprint density at radius 3 is 2.53 bits per heavy atom. The number of benzene rings is 1. The Morgan fingerprint density at radius 2 is 1.85 bits per heavy atom. The molecule has 2 saturated heterocycles. The van der Waals surface area contributed by atoms with Gasteiger partial charge in [0.05, 0.1) is 35.4 Å². The summed E-state index contributed by atoms with van der Waals surface area (Å²) in [5.41, 5.74) is 2.64. The Labute approximate surface area is 276 Å². The molecule has 5 rings (SSSR count). The quantitative estimate of drug-likeness (QED) is 0.281. The number of pyridine rings is 1. The van der Waals surface area contributed by atoms with Gasteiger partial charge in [0, 0.05) is 75.7 Å². The van der Waals surface area contributed by atoms with Crippen molar-refractivity contribution in [2.75, 3.05) is 79.2 Å². The number of anilines is 6. The molecule has 250 valence electrons. The maximum atomic E-state index is 14.5. The van der Waals surface area contributed by atoms with Crippen LogP contribution in [0, 0.1) is 11.3 Å². The standard InChI is InChI=1S/C34H45FN10O2/c1-22(2)39-28-18-31(41-30-7-9-37-33(42-30)45-10-8-29(47-6)27(35)20-45)38-19-26(28)32(46)40-24-15-23(34(3,4)21-36)16-25(17-24)44-13-11-43(5)12-14-44/h7,9,15-19,22,27,29H,8,10-14,20H2,1-6H3,(H,40,46)(H2,37,38,39,41,42)/t27-,29+/m1/s1. The van der Waals surface area contributed by atoms with Gasteiger partial charge in [0.15, 0.2) is 0 Å². The fourth-order valence-electron chi connectivity index (χ4n) is 5.72. The zero-order valence-electron chi connectivity index (χ0n) is 28.0. The van der Waals surface area contributed by atoms with Crippen molar-refractivity contribution in [3.8, 4) is 6.07 Å². The average Bonchev–Trinajstić information content (AvgIpc) is 3.05. The van der Waals surface area contributed by atoms with Crippen LogP contribution in [0.1, 0.15) is 50.0 Å². The minimum Gasteiger partial charge on any atom is -0.382 e. The number of alkyl halides is 1. The highest BCUT2D eigenvalue weighted by Crippen LogP contribution is 2.32. The van der Waals surface area contributed by atoms with Crippen LogP contribution in [-0.2, 0) is 10.2 Å². The highest BCUT2D eigenvalue weighted by atomic mass is 19.1. The summed E-state index contributed by atoms with van der Waals surface area (Å²) in [6.45, 7) is 12.1. The molecule has 0 saturated carbocycles. The highest BCUT2D eigenvalue weighted by molar-refractivity contribution is 6.08. The van der Waals surface area contributed by atoms with Crippen LogP contribution in [0.5, 0.6) is 0 Å². The molecule has 3 aromatic rings. The van der Waals surface area contributed by atoms with Crippen LogP contribution < -0.4 is 25.8 Å². The molecule has 0 unspecified atom stereocenters. The Kier molecular flexibility index (Phi) is 10.4. The van der Waals surface area contributed by atoms with E-state index in [0.29, 0.717) is 47.5 Å². The summed E-state index contributed by atoms with van der Waals surface area (Å²) in [4.78, 5) is 33.6. The van der Waals surface area contributed by atoms with E-state index in [9.17, 15) is 14.4 Å². The van der Waals surface area contributed by atoms with E-state index >= 15 is 0 Å². The lowest BCUT2D eigenvalue weighted by Crippen LogP contribution is -2.46. The van der Waals surface area contributed by atoms with E-state index in [-0.39, 0.29) is 18.5 Å². The third kappa shape index (κ3) is 8.25. The predicted octanol–water partition coefficient (Wildman–Crippen LogP) is 4.80. The second-order valence-electron chi connectivity index (χ2n) is 13.1. The minimum absolute atomic E-state index is 0.0368. The van der Waals surface area contributed by atoms with Crippen molar-refractivity contribution in [2.24, 2.45) is 0 Å². The first kappa shape index (κ1) is 33.8. The smallest absolute Gasteiger partial charge is 0.259 e. The average molecular weight is 645 g/mol. The zero-order valence-corrected chi connectivity index (χ0v) is 28.0. The molecule has 12 nitrogen and oxygen atoms in total. The van der Waals surface area contributed by atoms with Crippen molar-refractivity contribution in [1.82, 2.24) is 19.9 Å². The number of aromatic nitrogens is 3. The molecule has 3 N–H and O–H groups in total. The molecule has 0 radical (unpaired) electrons. The van der Waals surface area contributed by atoms with Crippen molar-refractivity contribution in [1.29, 1.82) is 5.26 Å². The Balaban J connectivity index is 1.37. The summed E-state index contributed by atoms with van der Waals surface area (Å²) in [5, 5.41) is 19.5. The maximum absolute atomic E-state index is 14.5. The Bertz CT molecular complexity index is 1600. The number of nitriles is 1. The second-order valence-corrected chi connectivity index (χ2v) is 13.1. The summed E-state index contributed by atoms with van der Waals surface area (Å²) in [5.74, 6) is 1.06. The van der Waals surface area contributed by atoms with E-state index in [1.807, 2.05) is 45.9 Å². The number of halogens is 1. The molecule has 1 aromatic carbocycles. The lowest BCUT2D eigenvalue weighted by Gasteiger charge is -2.35. The number of methoxy groups -OCH3 is 1. The molecule has 2 aliphatic heterocycles. The fourth-order valence-corrected chi connectivity index (χ4v) is 5.72. The first-order valence-electron chi connectivity index (χ1n) is 16.1. The molecular formula is C34H45FN10O2. The zero-order chi connectivity index (χ0) is 33.7. The number of piperidine rings is 1. The second kappa shape index (κ2) is 14.5. The van der Waals surface area contributed by atoms with E-state index in [0.717, 1.165) is 37.4 Å². The number of nitrogens with one attached hydrogen (secondary N) is 3. The van der Waals surface area contributed by atoms with Gasteiger partial charge in [0.1, 0.15) is 17.8 Å². The third-order valence-corrected chi connectivity index (χ3v) is 8.60. The van der Waals surface area contributed by atoms with Crippen LogP contribution in [0.15, 0.2) is 42.7 Å². The van der Waals surface area contributed by atoms with E-state index in [4.69, 9.17) is 4.74 Å². The highest BCUT2D eigenvalue weighted by Gasteiger charge is 2.30. The van der Waals surface area contributed by atoms with E-state index < -0.39 is 17.7 Å². The summed E-state index contributed by atoms with van der Waals surface area (Å²) in [6.07, 6.45) is 2.14. The number of rotatable bonds is 10. The summed E-state index contributed by atoms with van der Waals surface area (Å²) in [7, 11) is 3.63. The van der Waals surface area contributed by atoms with Gasteiger partial charge < -0.3 is 35.4 Å². The summed E-state index contributed by atoms with van der Waals surface area (Å²) in [6, 6.07) is 11.8. The Hall–Kier alpha value is -4.54. The molecule has 1 amide bonds.